The van der Waals surface area contributed by atoms with Gasteiger partial charge in [-0.3, -0.25) is 14.4 Å². The molecule has 0 rings (SSSR count). The van der Waals surface area contributed by atoms with Gasteiger partial charge in [0.15, 0.2) is 6.10 Å². The molecule has 0 saturated heterocycles. The minimum Gasteiger partial charge on any atom is -0.462 e. The molecule has 0 fully saturated rings. The Hall–Kier alpha value is -3.93. The van der Waals surface area contributed by atoms with Crippen LogP contribution >= 0.6 is 0 Å². The van der Waals surface area contributed by atoms with Crippen LogP contribution in [0.2, 0.25) is 0 Å². The number of carbonyl (C=O) groups is 3. The fourth-order valence-corrected chi connectivity index (χ4v) is 8.09. The Bertz CT molecular complexity index is 1470. The average Bonchev–Trinajstić information content (AvgIpc) is 3.38. The fourth-order valence-electron chi connectivity index (χ4n) is 8.09. The van der Waals surface area contributed by atoms with Crippen molar-refractivity contribution in [1.29, 1.82) is 0 Å². The minimum absolute atomic E-state index is 0.0959. The molecule has 6 heteroatoms. The van der Waals surface area contributed by atoms with Crippen LogP contribution < -0.4 is 0 Å². The number of unbranched alkanes of at least 4 members (excludes halogenated alkanes) is 27. The zero-order valence-electron chi connectivity index (χ0n) is 46.9. The Morgan fingerprint density at radius 3 is 1.01 bits per heavy atom. The Balaban J connectivity index is 4.48. The van der Waals surface area contributed by atoms with Crippen LogP contribution in [0.4, 0.5) is 0 Å². The second-order valence-electron chi connectivity index (χ2n) is 19.6. The van der Waals surface area contributed by atoms with Gasteiger partial charge < -0.3 is 14.2 Å². The van der Waals surface area contributed by atoms with Crippen molar-refractivity contribution in [3.8, 4) is 0 Å². The molecule has 0 aliphatic carbocycles. The zero-order valence-corrected chi connectivity index (χ0v) is 46.9. The summed E-state index contributed by atoms with van der Waals surface area (Å²) in [4.78, 5) is 38.3. The number of hydrogen-bond acceptors (Lipinski definition) is 6. The molecule has 0 aromatic carbocycles. The van der Waals surface area contributed by atoms with E-state index in [0.717, 1.165) is 122 Å². The van der Waals surface area contributed by atoms with E-state index >= 15 is 0 Å². The van der Waals surface area contributed by atoms with Gasteiger partial charge in [-0.1, -0.05) is 252 Å². The van der Waals surface area contributed by atoms with Crippen molar-refractivity contribution in [2.24, 2.45) is 0 Å². The molecule has 0 N–H and O–H groups in total. The third-order valence-corrected chi connectivity index (χ3v) is 12.6. The number of esters is 3. The van der Waals surface area contributed by atoms with Crippen LogP contribution in [0.5, 0.6) is 0 Å². The molecule has 0 heterocycles. The number of hydrogen-bond donors (Lipinski definition) is 0. The summed E-state index contributed by atoms with van der Waals surface area (Å²) in [5.74, 6) is -0.934. The molecule has 0 radical (unpaired) electrons. The lowest BCUT2D eigenvalue weighted by molar-refractivity contribution is -0.167. The van der Waals surface area contributed by atoms with Crippen LogP contribution in [0, 0.1) is 0 Å². The van der Waals surface area contributed by atoms with Crippen LogP contribution in [0.1, 0.15) is 271 Å². The summed E-state index contributed by atoms with van der Waals surface area (Å²) in [6.07, 6.45) is 80.7. The van der Waals surface area contributed by atoms with E-state index < -0.39 is 6.10 Å². The lowest BCUT2D eigenvalue weighted by Gasteiger charge is -2.18. The van der Waals surface area contributed by atoms with Gasteiger partial charge in [0.1, 0.15) is 13.2 Å². The molecule has 0 amide bonds. The van der Waals surface area contributed by atoms with Crippen LogP contribution in [0.15, 0.2) is 109 Å². The van der Waals surface area contributed by atoms with Crippen molar-refractivity contribution in [1.82, 2.24) is 0 Å². The van der Waals surface area contributed by atoms with Crippen molar-refractivity contribution in [3.63, 3.8) is 0 Å². The summed E-state index contributed by atoms with van der Waals surface area (Å²) < 4.78 is 16.9. The molecular weight excluding hydrogens is 889 g/mol. The van der Waals surface area contributed by atoms with E-state index in [9.17, 15) is 14.4 Å². The quantitative estimate of drug-likeness (QED) is 0.0199. The molecule has 72 heavy (non-hydrogen) atoms. The molecule has 0 bridgehead atoms. The van der Waals surface area contributed by atoms with Gasteiger partial charge >= 0.3 is 17.9 Å². The highest BCUT2D eigenvalue weighted by molar-refractivity contribution is 5.71. The fraction of sp³-hybridized carbons (Fsp3) is 0.682. The number of carbonyl (C=O) groups excluding carboxylic acids is 3. The van der Waals surface area contributed by atoms with Crippen molar-refractivity contribution in [3.05, 3.63) is 109 Å². The second-order valence-corrected chi connectivity index (χ2v) is 19.6. The van der Waals surface area contributed by atoms with Crippen molar-refractivity contribution in [2.45, 2.75) is 277 Å². The first kappa shape index (κ1) is 68.1. The first-order chi connectivity index (χ1) is 35.5. The van der Waals surface area contributed by atoms with Gasteiger partial charge in [-0.2, -0.15) is 0 Å². The molecule has 410 valence electrons. The van der Waals surface area contributed by atoms with Gasteiger partial charge in [0, 0.05) is 19.3 Å². The maximum absolute atomic E-state index is 12.9. The van der Waals surface area contributed by atoms with E-state index in [4.69, 9.17) is 14.2 Å². The summed E-state index contributed by atoms with van der Waals surface area (Å²) >= 11 is 0. The predicted octanol–water partition coefficient (Wildman–Crippen LogP) is 20.3. The van der Waals surface area contributed by atoms with Gasteiger partial charge in [-0.05, 0) is 109 Å². The van der Waals surface area contributed by atoms with Crippen molar-refractivity contribution < 1.29 is 28.6 Å². The molecule has 1 atom stereocenters. The summed E-state index contributed by atoms with van der Waals surface area (Å²) in [5, 5.41) is 0. The Morgan fingerprint density at radius 1 is 0.306 bits per heavy atom. The highest BCUT2D eigenvalue weighted by Crippen LogP contribution is 2.15. The molecule has 0 saturated carbocycles. The Kier molecular flexibility index (Phi) is 56.4. The molecule has 6 nitrogen and oxygen atoms in total. The molecular formula is C66H110O6. The van der Waals surface area contributed by atoms with Gasteiger partial charge in [0.25, 0.3) is 0 Å². The average molecular weight is 1000 g/mol. The highest BCUT2D eigenvalue weighted by Gasteiger charge is 2.19. The Morgan fingerprint density at radius 2 is 0.597 bits per heavy atom. The summed E-state index contributed by atoms with van der Waals surface area (Å²) in [5.41, 5.74) is 0. The Labute approximate surface area is 444 Å². The number of rotatable bonds is 53. The summed E-state index contributed by atoms with van der Waals surface area (Å²) in [6.45, 7) is 6.46. The molecule has 0 aromatic rings. The topological polar surface area (TPSA) is 78.9 Å². The van der Waals surface area contributed by atoms with Crippen molar-refractivity contribution >= 4 is 17.9 Å². The van der Waals surface area contributed by atoms with E-state index in [1.807, 2.05) is 0 Å². The largest absolute Gasteiger partial charge is 0.462 e. The van der Waals surface area contributed by atoms with Gasteiger partial charge in [0.2, 0.25) is 0 Å². The van der Waals surface area contributed by atoms with Gasteiger partial charge in [-0.15, -0.1) is 0 Å². The number of ether oxygens (including phenoxy) is 3. The van der Waals surface area contributed by atoms with Crippen LogP contribution in [0.3, 0.4) is 0 Å². The van der Waals surface area contributed by atoms with Gasteiger partial charge in [0.05, 0.1) is 0 Å². The van der Waals surface area contributed by atoms with Crippen molar-refractivity contribution in [2.75, 3.05) is 13.2 Å². The lowest BCUT2D eigenvalue weighted by atomic mass is 10.1. The van der Waals surface area contributed by atoms with E-state index in [0.29, 0.717) is 19.3 Å². The maximum Gasteiger partial charge on any atom is 0.306 e. The van der Waals surface area contributed by atoms with E-state index in [-0.39, 0.29) is 31.1 Å². The number of allylic oxidation sites excluding steroid dienone is 18. The lowest BCUT2D eigenvalue weighted by Crippen LogP contribution is -2.30. The predicted molar refractivity (Wildman–Crippen MR) is 311 cm³/mol. The highest BCUT2D eigenvalue weighted by atomic mass is 16.6. The van der Waals surface area contributed by atoms with Crippen LogP contribution in [-0.2, 0) is 28.6 Å². The molecule has 1 unspecified atom stereocenters. The maximum atomic E-state index is 12.9. The summed E-state index contributed by atoms with van der Waals surface area (Å²) in [6, 6.07) is 0. The smallest absolute Gasteiger partial charge is 0.306 e. The minimum atomic E-state index is -0.802. The van der Waals surface area contributed by atoms with E-state index in [1.165, 1.54) is 109 Å². The zero-order chi connectivity index (χ0) is 52.2. The van der Waals surface area contributed by atoms with E-state index in [2.05, 4.69) is 130 Å². The van der Waals surface area contributed by atoms with Crippen LogP contribution in [0.25, 0.3) is 0 Å². The molecule has 0 spiro atoms. The van der Waals surface area contributed by atoms with Gasteiger partial charge in [-0.25, -0.2) is 0 Å². The van der Waals surface area contributed by atoms with Crippen LogP contribution in [-0.4, -0.2) is 37.2 Å². The first-order valence-electron chi connectivity index (χ1n) is 29.9. The second kappa shape index (κ2) is 59.6. The monoisotopic (exact) mass is 999 g/mol. The summed E-state index contributed by atoms with van der Waals surface area (Å²) in [7, 11) is 0. The standard InChI is InChI=1S/C66H110O6/c1-4-7-10-13-16-19-22-25-28-31-33-36-38-41-44-47-50-53-56-59-65(68)71-62-63(61-70-64(67)58-55-52-49-46-43-40-37-34-30-27-24-21-18-15-12-9-6-3)72-66(69)60-57-54-51-48-45-42-39-35-32-29-26-23-20-17-14-11-8-5-2/h7,10,16-17,19-20,23,25-30,32-33,35-36,39,63H,4-6,8-9,11-15,18,21-22,24,31,34,37-38,40-62H2,1-3H3/b10-7-,19-16-,20-17-,26-23-,28-25-,30-27-,32-29-,36-33-,39-35-. The molecule has 0 aliphatic rings. The first-order valence-corrected chi connectivity index (χ1v) is 29.9. The SMILES string of the molecule is CC/C=C\C/C=C\C/C=C\C/C=C\CCCCCCCCC(=O)OCC(COC(=O)CCCCCCCCC/C=C\CCCCCCCC)OC(=O)CCCCCCC\C=C/C=C\C=C/C=C\CCCCC. The third-order valence-electron chi connectivity index (χ3n) is 12.6. The molecule has 0 aliphatic heterocycles. The van der Waals surface area contributed by atoms with E-state index in [1.54, 1.807) is 0 Å². The molecule has 0 aromatic heterocycles. The normalized spacial score (nSPS) is 12.9. The third kappa shape index (κ3) is 57.0.